The number of nitrogens with one attached hydrogen (secondary N) is 1. The second-order valence-electron chi connectivity index (χ2n) is 8.22. The lowest BCUT2D eigenvalue weighted by atomic mass is 10.0. The summed E-state index contributed by atoms with van der Waals surface area (Å²) < 4.78 is 0. The molecule has 0 atom stereocenters. The fraction of sp³-hybridized carbons (Fsp3) is 0.280. The number of aromatic nitrogens is 2. The number of likely N-dealkylation sites (N-methyl/N-ethyl adjacent to an activating group) is 1. The average Bonchev–Trinajstić information content (AvgIpc) is 3.15. The summed E-state index contributed by atoms with van der Waals surface area (Å²) in [6.45, 7) is 9.46. The highest BCUT2D eigenvalue weighted by Crippen LogP contribution is 2.31. The molecule has 0 saturated carbocycles. The summed E-state index contributed by atoms with van der Waals surface area (Å²) in [5, 5.41) is 2.86. The normalized spacial score (nSPS) is 18.4. The zero-order valence-corrected chi connectivity index (χ0v) is 19.5. The van der Waals surface area contributed by atoms with Gasteiger partial charge in [-0.05, 0) is 61.1 Å². The van der Waals surface area contributed by atoms with E-state index in [-0.39, 0.29) is 11.1 Å². The zero-order valence-electron chi connectivity index (χ0n) is 18.7. The summed E-state index contributed by atoms with van der Waals surface area (Å²) >= 11 is 0.916. The van der Waals surface area contributed by atoms with Gasteiger partial charge in [-0.15, -0.1) is 0 Å². The molecule has 3 aromatic rings. The van der Waals surface area contributed by atoms with E-state index in [9.17, 15) is 9.59 Å². The third-order valence-electron chi connectivity index (χ3n) is 6.10. The smallest absolute Gasteiger partial charge is 0.290 e. The molecule has 0 radical (unpaired) electrons. The first-order valence-electron chi connectivity index (χ1n) is 11.1. The molecule has 0 unspecified atom stereocenters. The molecule has 8 heteroatoms. The Hall–Kier alpha value is -3.23. The maximum absolute atomic E-state index is 11.9. The van der Waals surface area contributed by atoms with Crippen molar-refractivity contribution in [3.8, 4) is 11.3 Å². The maximum atomic E-state index is 11.9. The van der Waals surface area contributed by atoms with E-state index in [1.54, 1.807) is 6.08 Å². The molecule has 168 valence electrons. The largest absolute Gasteiger partial charge is 0.369 e. The Labute approximate surface area is 196 Å². The molecule has 0 bridgehead atoms. The Bertz CT molecular complexity index is 1260. The van der Waals surface area contributed by atoms with Gasteiger partial charge >= 0.3 is 0 Å². The second-order valence-corrected chi connectivity index (χ2v) is 9.23. The van der Waals surface area contributed by atoms with E-state index >= 15 is 0 Å². The molecule has 2 fully saturated rings. The van der Waals surface area contributed by atoms with Gasteiger partial charge in [0.2, 0.25) is 0 Å². The number of fused-ring (bicyclic) bond motifs is 1. The van der Waals surface area contributed by atoms with Crippen molar-refractivity contribution in [3.63, 3.8) is 0 Å². The van der Waals surface area contributed by atoms with Crippen molar-refractivity contribution in [2.75, 3.05) is 37.6 Å². The van der Waals surface area contributed by atoms with Crippen LogP contribution >= 0.6 is 11.8 Å². The van der Waals surface area contributed by atoms with Crippen molar-refractivity contribution in [3.05, 3.63) is 58.8 Å². The van der Waals surface area contributed by atoms with E-state index < -0.39 is 0 Å². The highest BCUT2D eigenvalue weighted by molar-refractivity contribution is 8.18. The lowest BCUT2D eigenvalue weighted by molar-refractivity contribution is -0.115. The van der Waals surface area contributed by atoms with Gasteiger partial charge in [0.1, 0.15) is 5.82 Å². The van der Waals surface area contributed by atoms with Gasteiger partial charge < -0.3 is 9.80 Å². The number of aryl methyl sites for hydroxylation is 1. The molecule has 3 heterocycles. The van der Waals surface area contributed by atoms with Crippen LogP contribution in [0.15, 0.2) is 47.4 Å². The van der Waals surface area contributed by atoms with Crippen LogP contribution in [0.1, 0.15) is 18.3 Å². The Kier molecular flexibility index (Phi) is 5.86. The molecule has 2 aromatic carbocycles. The predicted octanol–water partition coefficient (Wildman–Crippen LogP) is 4.07. The summed E-state index contributed by atoms with van der Waals surface area (Å²) in [6.07, 6.45) is 1.73. The van der Waals surface area contributed by atoms with Gasteiger partial charge in [0, 0.05) is 42.8 Å². The number of nitrogens with zero attached hydrogens (tertiary/aromatic N) is 4. The molecule has 0 spiro atoms. The second kappa shape index (κ2) is 8.96. The van der Waals surface area contributed by atoms with Gasteiger partial charge in [0.05, 0.1) is 16.1 Å². The minimum Gasteiger partial charge on any atom is -0.369 e. The summed E-state index contributed by atoms with van der Waals surface area (Å²) in [4.78, 5) is 38.0. The summed E-state index contributed by atoms with van der Waals surface area (Å²) in [5.74, 6) is 0.348. The fourth-order valence-corrected chi connectivity index (χ4v) is 4.98. The van der Waals surface area contributed by atoms with Crippen LogP contribution < -0.4 is 10.2 Å². The first kappa shape index (κ1) is 21.6. The predicted molar refractivity (Wildman–Crippen MR) is 133 cm³/mol. The fourth-order valence-electron chi connectivity index (χ4n) is 4.30. The lowest BCUT2D eigenvalue weighted by Crippen LogP contribution is -2.46. The number of hydrogen-bond acceptors (Lipinski definition) is 7. The molecular formula is C25H25N5O2S. The van der Waals surface area contributed by atoms with Gasteiger partial charge in [-0.2, -0.15) is 0 Å². The van der Waals surface area contributed by atoms with Crippen LogP contribution in [-0.4, -0.2) is 58.7 Å². The number of benzene rings is 2. The Morgan fingerprint density at radius 2 is 1.79 bits per heavy atom. The van der Waals surface area contributed by atoms with Gasteiger partial charge in [-0.1, -0.05) is 25.1 Å². The van der Waals surface area contributed by atoms with E-state index in [1.165, 1.54) is 5.69 Å². The van der Waals surface area contributed by atoms with Crippen molar-refractivity contribution in [2.45, 2.75) is 13.8 Å². The van der Waals surface area contributed by atoms with Crippen molar-refractivity contribution in [1.29, 1.82) is 0 Å². The van der Waals surface area contributed by atoms with Crippen LogP contribution in [-0.2, 0) is 4.79 Å². The van der Waals surface area contributed by atoms with Gasteiger partial charge in [-0.3, -0.25) is 14.9 Å². The quantitative estimate of drug-likeness (QED) is 0.589. The molecule has 5 rings (SSSR count). The lowest BCUT2D eigenvalue weighted by Gasteiger charge is -2.35. The van der Waals surface area contributed by atoms with Crippen LogP contribution in [0.3, 0.4) is 0 Å². The van der Waals surface area contributed by atoms with E-state index in [2.05, 4.69) is 51.3 Å². The molecule has 1 N–H and O–H groups in total. The molecule has 2 aliphatic rings. The maximum Gasteiger partial charge on any atom is 0.290 e. The molecule has 0 aliphatic carbocycles. The highest BCUT2D eigenvalue weighted by Gasteiger charge is 2.25. The highest BCUT2D eigenvalue weighted by atomic mass is 32.2. The number of carbonyl (C=O) groups excluding carboxylic acids is 2. The van der Waals surface area contributed by atoms with Crippen molar-refractivity contribution in [1.82, 2.24) is 20.2 Å². The van der Waals surface area contributed by atoms with Gasteiger partial charge in [-0.25, -0.2) is 9.97 Å². The van der Waals surface area contributed by atoms with Crippen LogP contribution in [0.25, 0.3) is 28.2 Å². The minimum absolute atomic E-state index is 0.345. The molecule has 7 nitrogen and oxygen atoms in total. The van der Waals surface area contributed by atoms with Crippen LogP contribution in [0.4, 0.5) is 10.5 Å². The molecule has 33 heavy (non-hydrogen) atoms. The SMILES string of the molecule is CCN1CCN(c2ccc(-c3nc(C)nc4ccc(C=C5SC(=O)NC5=O)cc34)cc2)CC1. The topological polar surface area (TPSA) is 78.4 Å². The van der Waals surface area contributed by atoms with Crippen molar-refractivity contribution in [2.24, 2.45) is 0 Å². The summed E-state index contributed by atoms with van der Waals surface area (Å²) in [6, 6.07) is 14.4. The standard InChI is InChI=1S/C25H25N5O2S/c1-3-29-10-12-30(13-11-29)19-7-5-18(6-8-19)23-20-14-17(4-9-21(20)26-16(2)27-23)15-22-24(31)28-25(32)33-22/h4-9,14-15H,3,10-13H2,1-2H3,(H,28,31,32). The van der Waals surface area contributed by atoms with Crippen LogP contribution in [0.5, 0.6) is 0 Å². The van der Waals surface area contributed by atoms with Crippen LogP contribution in [0.2, 0.25) is 0 Å². The number of rotatable bonds is 4. The first-order valence-corrected chi connectivity index (χ1v) is 11.9. The Morgan fingerprint density at radius 3 is 2.45 bits per heavy atom. The van der Waals surface area contributed by atoms with Crippen LogP contribution in [0, 0.1) is 6.92 Å². The number of imide groups is 1. The van der Waals surface area contributed by atoms with Crippen molar-refractivity contribution >= 4 is 45.6 Å². The first-order chi connectivity index (χ1) is 16.0. The summed E-state index contributed by atoms with van der Waals surface area (Å²) in [7, 11) is 0. The number of piperazine rings is 1. The zero-order chi connectivity index (χ0) is 22.9. The molecule has 2 saturated heterocycles. The van der Waals surface area contributed by atoms with E-state index in [4.69, 9.17) is 4.98 Å². The Balaban J connectivity index is 1.48. The number of thioether (sulfide) groups is 1. The average molecular weight is 460 g/mol. The van der Waals surface area contributed by atoms with E-state index in [0.717, 1.165) is 72.2 Å². The molecule has 1 aromatic heterocycles. The number of carbonyl (C=O) groups is 2. The number of amides is 2. The molecule has 2 aliphatic heterocycles. The van der Waals surface area contributed by atoms with Gasteiger partial charge in [0.15, 0.2) is 0 Å². The third kappa shape index (κ3) is 4.49. The van der Waals surface area contributed by atoms with E-state index in [0.29, 0.717) is 10.7 Å². The van der Waals surface area contributed by atoms with Crippen molar-refractivity contribution < 1.29 is 9.59 Å². The molecular weight excluding hydrogens is 434 g/mol. The van der Waals surface area contributed by atoms with Gasteiger partial charge in [0.25, 0.3) is 11.1 Å². The monoisotopic (exact) mass is 459 g/mol. The minimum atomic E-state index is -0.360. The Morgan fingerprint density at radius 1 is 1.03 bits per heavy atom. The summed E-state index contributed by atoms with van der Waals surface area (Å²) in [5.41, 5.74) is 4.78. The third-order valence-corrected chi connectivity index (χ3v) is 6.91. The molecule has 2 amide bonds. The number of anilines is 1. The number of hydrogen-bond donors (Lipinski definition) is 1. The van der Waals surface area contributed by atoms with E-state index in [1.807, 2.05) is 25.1 Å².